The highest BCUT2D eigenvalue weighted by molar-refractivity contribution is 6.26. The molecule has 0 amide bonds. The van der Waals surface area contributed by atoms with Crippen molar-refractivity contribution in [2.24, 2.45) is 0 Å². The van der Waals surface area contributed by atoms with E-state index in [0.29, 0.717) is 23.5 Å². The summed E-state index contributed by atoms with van der Waals surface area (Å²) in [6.07, 6.45) is 0. The second-order valence-electron chi connectivity index (χ2n) is 25.9. The fourth-order valence-electron chi connectivity index (χ4n) is 15.6. The lowest BCUT2D eigenvalue weighted by Crippen LogP contribution is -2.06. The van der Waals surface area contributed by atoms with Crippen LogP contribution in [0.15, 0.2) is 342 Å². The van der Waals surface area contributed by atoms with Gasteiger partial charge < -0.3 is 18.0 Å². The Bertz CT molecular complexity index is 6580. The third-order valence-corrected chi connectivity index (χ3v) is 20.1. The van der Waals surface area contributed by atoms with E-state index in [1.54, 1.807) is 0 Å². The van der Waals surface area contributed by atoms with Crippen LogP contribution < -0.4 is 0 Å². The normalized spacial score (nSPS) is 11.9. The van der Waals surface area contributed by atoms with E-state index in [1.807, 2.05) is 97.1 Å². The number of aromatic nitrogens is 9. The first-order valence-electron chi connectivity index (χ1n) is 34.2. The lowest BCUT2D eigenvalue weighted by Gasteiger charge is -2.12. The zero-order chi connectivity index (χ0) is 66.9. The number of furan rings is 2. The third kappa shape index (κ3) is 8.91. The maximum absolute atomic E-state index is 6.56. The van der Waals surface area contributed by atoms with Gasteiger partial charge in [0.2, 0.25) is 11.9 Å². The SMILES string of the molecule is c1ccc(-c2cc(-c3ccccc3)nc(-n3c4ccccc4c4cc(-n5c6ccccc6c6c7oc8ccccc8c7ccc65)ccc43)n2)cc1.c1ccc(-c2nc(-c3ccccc3)nc(-n3c4ccccc4c4cc(-n5c6ccccc6c6c7oc8ccccc8c7ccc65)ccc43)n2)cc1. The van der Waals surface area contributed by atoms with E-state index >= 15 is 0 Å². The predicted octanol–water partition coefficient (Wildman–Crippen LogP) is 23.2. The number of hydrogen-bond donors (Lipinski definition) is 0. The standard InChI is InChI=1S/C46H28N4O.C45H27N5O/c1-3-13-29(14-4-1)37-28-38(30-15-5-2-6-16-30)48-46(47-37)50-39-20-10-7-17-32(39)36-27-31(23-25-41(36)50)49-40-21-11-8-19-35(40)44-42(49)26-24-34-33-18-9-12-22-43(33)51-45(34)44;1-3-13-28(14-4-1)43-46-44(29-15-5-2-6-16-29)48-45(47-43)50-36-20-10-7-17-31(36)35-27-30(23-25-38(35)50)49-37-21-11-8-19-34(37)41-39(49)26-24-33-32-18-9-12-22-40(32)51-42(33)41/h1-28H;1-27H. The van der Waals surface area contributed by atoms with Crippen molar-refractivity contribution in [3.05, 3.63) is 334 Å². The second kappa shape index (κ2) is 22.8. The highest BCUT2D eigenvalue weighted by Gasteiger charge is 2.25. The van der Waals surface area contributed by atoms with Crippen molar-refractivity contribution < 1.29 is 8.83 Å². The van der Waals surface area contributed by atoms with E-state index in [-0.39, 0.29) is 0 Å². The summed E-state index contributed by atoms with van der Waals surface area (Å²) in [5.41, 5.74) is 20.1. The number of fused-ring (bicyclic) bond motifs is 20. The molecule has 0 atom stereocenters. The molecule has 0 radical (unpaired) electrons. The van der Waals surface area contributed by atoms with Gasteiger partial charge in [-0.2, -0.15) is 9.97 Å². The Balaban J connectivity index is 0.000000133. The first-order valence-corrected chi connectivity index (χ1v) is 34.2. The van der Waals surface area contributed by atoms with Crippen LogP contribution >= 0.6 is 0 Å². The highest BCUT2D eigenvalue weighted by Crippen LogP contribution is 2.45. The molecule has 102 heavy (non-hydrogen) atoms. The molecule has 0 bridgehead atoms. The zero-order valence-electron chi connectivity index (χ0n) is 54.6. The summed E-state index contributed by atoms with van der Waals surface area (Å²) >= 11 is 0. The van der Waals surface area contributed by atoms with E-state index in [4.69, 9.17) is 33.8 Å². The molecular formula is C91H55N9O2. The Morgan fingerprint density at radius 2 is 0.529 bits per heavy atom. The highest BCUT2D eigenvalue weighted by atomic mass is 16.3. The number of nitrogens with zero attached hydrogens (tertiary/aromatic N) is 9. The van der Waals surface area contributed by atoms with Crippen molar-refractivity contribution in [1.82, 2.24) is 43.2 Å². The Labute approximate surface area is 581 Å². The van der Waals surface area contributed by atoms with Crippen LogP contribution in [0.25, 0.3) is 200 Å². The van der Waals surface area contributed by atoms with Gasteiger partial charge in [-0.25, -0.2) is 15.0 Å². The lowest BCUT2D eigenvalue weighted by atomic mass is 10.1. The molecule has 0 aliphatic carbocycles. The minimum Gasteiger partial charge on any atom is -0.455 e. The quantitative estimate of drug-likeness (QED) is 0.149. The molecule has 0 aliphatic heterocycles. The van der Waals surface area contributed by atoms with Crippen molar-refractivity contribution in [2.45, 2.75) is 0 Å². The summed E-state index contributed by atoms with van der Waals surface area (Å²) in [6, 6.07) is 116. The van der Waals surface area contributed by atoms with Crippen LogP contribution in [0.2, 0.25) is 0 Å². The van der Waals surface area contributed by atoms with Crippen molar-refractivity contribution in [2.75, 3.05) is 0 Å². The van der Waals surface area contributed by atoms with E-state index in [1.165, 1.54) is 5.39 Å². The van der Waals surface area contributed by atoms with Gasteiger partial charge >= 0.3 is 0 Å². The molecule has 11 heteroatoms. The smallest absolute Gasteiger partial charge is 0.238 e. The molecule has 8 heterocycles. The monoisotopic (exact) mass is 1310 g/mol. The van der Waals surface area contributed by atoms with Gasteiger partial charge in [-0.3, -0.25) is 9.13 Å². The number of para-hydroxylation sites is 6. The molecule has 0 spiro atoms. The molecule has 14 aromatic carbocycles. The molecule has 0 N–H and O–H groups in total. The topological polar surface area (TPSA) is 110 Å². The molecule has 22 aromatic rings. The summed E-state index contributed by atoms with van der Waals surface area (Å²) in [5, 5.41) is 13.6. The fraction of sp³-hybridized carbons (Fsp3) is 0. The molecule has 0 unspecified atom stereocenters. The van der Waals surface area contributed by atoms with E-state index < -0.39 is 0 Å². The Morgan fingerprint density at radius 1 is 0.206 bits per heavy atom. The predicted molar refractivity (Wildman–Crippen MR) is 416 cm³/mol. The van der Waals surface area contributed by atoms with Gasteiger partial charge in [-0.15, -0.1) is 0 Å². The van der Waals surface area contributed by atoms with Crippen LogP contribution in [0.4, 0.5) is 0 Å². The van der Waals surface area contributed by atoms with Crippen LogP contribution in [0, 0.1) is 0 Å². The van der Waals surface area contributed by atoms with Crippen molar-refractivity contribution in [3.63, 3.8) is 0 Å². The first-order chi connectivity index (χ1) is 50.6. The lowest BCUT2D eigenvalue weighted by molar-refractivity contribution is 0.672. The average molecular weight is 1310 g/mol. The summed E-state index contributed by atoms with van der Waals surface area (Å²) in [4.78, 5) is 25.6. The summed E-state index contributed by atoms with van der Waals surface area (Å²) in [5.74, 6) is 2.47. The molecule has 22 rings (SSSR count). The van der Waals surface area contributed by atoms with E-state index in [9.17, 15) is 0 Å². The van der Waals surface area contributed by atoms with Crippen LogP contribution in [0.1, 0.15) is 0 Å². The van der Waals surface area contributed by atoms with Gasteiger partial charge in [0.25, 0.3) is 0 Å². The van der Waals surface area contributed by atoms with Gasteiger partial charge in [0.05, 0.1) is 66.3 Å². The van der Waals surface area contributed by atoms with Gasteiger partial charge in [-0.1, -0.05) is 231 Å². The van der Waals surface area contributed by atoms with E-state index in [0.717, 1.165) is 171 Å². The minimum atomic E-state index is 0.575. The molecule has 0 saturated carbocycles. The largest absolute Gasteiger partial charge is 0.455 e. The first kappa shape index (κ1) is 57.1. The molecule has 8 aromatic heterocycles. The molecule has 11 nitrogen and oxygen atoms in total. The summed E-state index contributed by atoms with van der Waals surface area (Å²) < 4.78 is 22.2. The Morgan fingerprint density at radius 3 is 0.951 bits per heavy atom. The number of hydrogen-bond acceptors (Lipinski definition) is 7. The zero-order valence-corrected chi connectivity index (χ0v) is 54.6. The Hall–Kier alpha value is -14.0. The molecule has 0 aliphatic rings. The van der Waals surface area contributed by atoms with Crippen LogP contribution in [0.3, 0.4) is 0 Å². The van der Waals surface area contributed by atoms with Gasteiger partial charge in [0.15, 0.2) is 11.6 Å². The van der Waals surface area contributed by atoms with Crippen LogP contribution in [0.5, 0.6) is 0 Å². The van der Waals surface area contributed by atoms with Gasteiger partial charge in [0.1, 0.15) is 22.3 Å². The molecular weight excluding hydrogens is 1250 g/mol. The third-order valence-electron chi connectivity index (χ3n) is 20.1. The number of benzene rings is 14. The maximum atomic E-state index is 6.56. The Kier molecular flexibility index (Phi) is 12.7. The van der Waals surface area contributed by atoms with E-state index in [2.05, 4.69) is 255 Å². The van der Waals surface area contributed by atoms with Crippen molar-refractivity contribution in [3.8, 4) is 68.6 Å². The van der Waals surface area contributed by atoms with Crippen molar-refractivity contribution >= 4 is 131 Å². The minimum absolute atomic E-state index is 0.575. The summed E-state index contributed by atoms with van der Waals surface area (Å²) in [7, 11) is 0. The number of rotatable bonds is 8. The fourth-order valence-corrected chi connectivity index (χ4v) is 15.6. The van der Waals surface area contributed by atoms with Crippen molar-refractivity contribution in [1.29, 1.82) is 0 Å². The molecule has 0 fully saturated rings. The maximum Gasteiger partial charge on any atom is 0.238 e. The second-order valence-corrected chi connectivity index (χ2v) is 25.9. The summed E-state index contributed by atoms with van der Waals surface area (Å²) in [6.45, 7) is 0. The van der Waals surface area contributed by atoms with Gasteiger partial charge in [-0.05, 0) is 103 Å². The molecule has 0 saturated heterocycles. The van der Waals surface area contributed by atoms with Gasteiger partial charge in [0, 0.05) is 87.5 Å². The average Bonchev–Trinajstić information content (AvgIpc) is 1.57. The molecule has 476 valence electrons. The van der Waals surface area contributed by atoms with Crippen LogP contribution in [-0.4, -0.2) is 43.2 Å². The van der Waals surface area contributed by atoms with Crippen LogP contribution in [-0.2, 0) is 0 Å².